The molecule has 26 heavy (non-hydrogen) atoms. The molecule has 1 aliphatic rings. The highest BCUT2D eigenvalue weighted by atomic mass is 16.5. The number of piperidine rings is 1. The molecule has 0 radical (unpaired) electrons. The van der Waals surface area contributed by atoms with Crippen LogP contribution in [-0.4, -0.2) is 44.2 Å². The van der Waals surface area contributed by atoms with Crippen molar-refractivity contribution in [2.75, 3.05) is 27.3 Å². The summed E-state index contributed by atoms with van der Waals surface area (Å²) in [5.41, 5.74) is 3.06. The Balaban J connectivity index is 1.73. The predicted octanol–water partition coefficient (Wildman–Crippen LogP) is 3.72. The van der Waals surface area contributed by atoms with Crippen LogP contribution in [0, 0.1) is 12.8 Å². The minimum Gasteiger partial charge on any atom is -0.497 e. The molecule has 138 valence electrons. The number of ether oxygens (including phenoxy) is 2. The Morgan fingerprint density at radius 3 is 2.50 bits per heavy atom. The van der Waals surface area contributed by atoms with Gasteiger partial charge in [0.2, 0.25) is 0 Å². The van der Waals surface area contributed by atoms with Crippen molar-refractivity contribution >= 4 is 5.91 Å². The molecular weight excluding hydrogens is 326 g/mol. The summed E-state index contributed by atoms with van der Waals surface area (Å²) in [7, 11) is 3.44. The summed E-state index contributed by atoms with van der Waals surface area (Å²) in [4.78, 5) is 14.9. The zero-order valence-electron chi connectivity index (χ0n) is 15.8. The fourth-order valence-corrected chi connectivity index (χ4v) is 3.75. The molecule has 2 aromatic carbocycles. The minimum atomic E-state index is 0.123. The van der Waals surface area contributed by atoms with Gasteiger partial charge in [0.1, 0.15) is 5.75 Å². The quantitative estimate of drug-likeness (QED) is 0.822. The summed E-state index contributed by atoms with van der Waals surface area (Å²) in [5.74, 6) is 1.27. The molecule has 0 spiro atoms. The molecule has 0 unspecified atom stereocenters. The van der Waals surface area contributed by atoms with E-state index in [2.05, 4.69) is 12.1 Å². The Morgan fingerprint density at radius 1 is 1.12 bits per heavy atom. The number of hydrogen-bond donors (Lipinski definition) is 0. The normalized spacial score (nSPS) is 20.0. The molecule has 0 N–H and O–H groups in total. The highest BCUT2D eigenvalue weighted by molar-refractivity contribution is 5.95. The SMILES string of the molecule is COc1ccc(C[C@H]2CN(C(=O)c3ccccc3C)CC[C@H]2OC)cc1. The first-order valence-corrected chi connectivity index (χ1v) is 9.13. The average molecular weight is 353 g/mol. The second-order valence-corrected chi connectivity index (χ2v) is 6.94. The number of aryl methyl sites for hydroxylation is 1. The third-order valence-corrected chi connectivity index (χ3v) is 5.29. The largest absolute Gasteiger partial charge is 0.497 e. The minimum absolute atomic E-state index is 0.123. The van der Waals surface area contributed by atoms with E-state index < -0.39 is 0 Å². The van der Waals surface area contributed by atoms with E-state index in [0.717, 1.165) is 42.8 Å². The molecule has 1 saturated heterocycles. The van der Waals surface area contributed by atoms with Crippen molar-refractivity contribution in [3.05, 3.63) is 65.2 Å². The first kappa shape index (κ1) is 18.5. The molecule has 1 aliphatic heterocycles. The third-order valence-electron chi connectivity index (χ3n) is 5.29. The number of benzene rings is 2. The van der Waals surface area contributed by atoms with E-state index in [4.69, 9.17) is 9.47 Å². The van der Waals surface area contributed by atoms with Crippen LogP contribution in [0.2, 0.25) is 0 Å². The lowest BCUT2D eigenvalue weighted by Gasteiger charge is -2.38. The monoisotopic (exact) mass is 353 g/mol. The molecule has 1 amide bonds. The molecule has 0 aliphatic carbocycles. The Bertz CT molecular complexity index is 741. The zero-order valence-corrected chi connectivity index (χ0v) is 15.8. The van der Waals surface area contributed by atoms with Gasteiger partial charge < -0.3 is 14.4 Å². The predicted molar refractivity (Wildman–Crippen MR) is 103 cm³/mol. The van der Waals surface area contributed by atoms with E-state index >= 15 is 0 Å². The fourth-order valence-electron chi connectivity index (χ4n) is 3.75. The molecular formula is C22H27NO3. The van der Waals surface area contributed by atoms with Crippen LogP contribution in [0.25, 0.3) is 0 Å². The van der Waals surface area contributed by atoms with Gasteiger partial charge in [0.25, 0.3) is 5.91 Å². The maximum Gasteiger partial charge on any atom is 0.254 e. The number of carbonyl (C=O) groups is 1. The average Bonchev–Trinajstić information content (AvgIpc) is 2.68. The zero-order chi connectivity index (χ0) is 18.5. The Morgan fingerprint density at radius 2 is 1.85 bits per heavy atom. The van der Waals surface area contributed by atoms with Crippen molar-refractivity contribution in [3.8, 4) is 5.75 Å². The number of amides is 1. The standard InChI is InChI=1S/C22H27NO3/c1-16-6-4-5-7-20(16)22(24)23-13-12-21(26-3)18(15-23)14-17-8-10-19(25-2)11-9-17/h4-11,18,21H,12-15H2,1-3H3/t18-,21+/m0/s1. The number of likely N-dealkylation sites (tertiary alicyclic amines) is 1. The smallest absolute Gasteiger partial charge is 0.254 e. The molecule has 2 aromatic rings. The molecule has 0 bridgehead atoms. The van der Waals surface area contributed by atoms with Gasteiger partial charge in [-0.3, -0.25) is 4.79 Å². The summed E-state index contributed by atoms with van der Waals surface area (Å²) in [6, 6.07) is 15.9. The molecule has 0 saturated carbocycles. The summed E-state index contributed by atoms with van der Waals surface area (Å²) in [6.07, 6.45) is 1.94. The maximum absolute atomic E-state index is 13.0. The van der Waals surface area contributed by atoms with Crippen molar-refractivity contribution in [2.45, 2.75) is 25.9 Å². The second-order valence-electron chi connectivity index (χ2n) is 6.94. The van der Waals surface area contributed by atoms with Crippen molar-refractivity contribution in [1.82, 2.24) is 4.90 Å². The highest BCUT2D eigenvalue weighted by Gasteiger charge is 2.32. The van der Waals surface area contributed by atoms with E-state index in [1.807, 2.05) is 48.2 Å². The van der Waals surface area contributed by atoms with Gasteiger partial charge in [-0.05, 0) is 49.1 Å². The molecule has 4 heteroatoms. The molecule has 0 aromatic heterocycles. The van der Waals surface area contributed by atoms with Gasteiger partial charge in [-0.15, -0.1) is 0 Å². The number of nitrogens with zero attached hydrogens (tertiary/aromatic N) is 1. The van der Waals surface area contributed by atoms with E-state index in [1.165, 1.54) is 5.56 Å². The first-order valence-electron chi connectivity index (χ1n) is 9.13. The van der Waals surface area contributed by atoms with Crippen molar-refractivity contribution in [1.29, 1.82) is 0 Å². The topological polar surface area (TPSA) is 38.8 Å². The van der Waals surface area contributed by atoms with E-state index in [9.17, 15) is 4.79 Å². The van der Waals surface area contributed by atoms with Crippen LogP contribution >= 0.6 is 0 Å². The van der Waals surface area contributed by atoms with Crippen LogP contribution in [0.5, 0.6) is 5.75 Å². The van der Waals surface area contributed by atoms with Crippen molar-refractivity contribution in [3.63, 3.8) is 0 Å². The number of carbonyl (C=O) groups excluding carboxylic acids is 1. The Kier molecular flexibility index (Phi) is 5.94. The van der Waals surface area contributed by atoms with Gasteiger partial charge in [-0.25, -0.2) is 0 Å². The maximum atomic E-state index is 13.0. The lowest BCUT2D eigenvalue weighted by atomic mass is 9.88. The molecule has 1 heterocycles. The van der Waals surface area contributed by atoms with Crippen molar-refractivity contribution in [2.24, 2.45) is 5.92 Å². The summed E-state index contributed by atoms with van der Waals surface area (Å²) in [6.45, 7) is 3.45. The van der Waals surface area contributed by atoms with Crippen LogP contribution in [-0.2, 0) is 11.2 Å². The Labute approximate surface area is 155 Å². The third kappa shape index (κ3) is 4.07. The second kappa shape index (κ2) is 8.37. The van der Waals surface area contributed by atoms with E-state index in [1.54, 1.807) is 14.2 Å². The lowest BCUT2D eigenvalue weighted by Crippen LogP contribution is -2.47. The van der Waals surface area contributed by atoms with Gasteiger partial charge in [0, 0.05) is 31.7 Å². The van der Waals surface area contributed by atoms with Crippen LogP contribution in [0.15, 0.2) is 48.5 Å². The molecule has 2 atom stereocenters. The van der Waals surface area contributed by atoms with Gasteiger partial charge >= 0.3 is 0 Å². The van der Waals surface area contributed by atoms with Crippen LogP contribution < -0.4 is 4.74 Å². The number of methoxy groups -OCH3 is 2. The van der Waals surface area contributed by atoms with Crippen molar-refractivity contribution < 1.29 is 14.3 Å². The van der Waals surface area contributed by atoms with Gasteiger partial charge in [0.15, 0.2) is 0 Å². The fraction of sp³-hybridized carbons (Fsp3) is 0.409. The van der Waals surface area contributed by atoms with E-state index in [-0.39, 0.29) is 17.9 Å². The molecule has 4 nitrogen and oxygen atoms in total. The summed E-state index contributed by atoms with van der Waals surface area (Å²) in [5, 5.41) is 0. The van der Waals surface area contributed by atoms with Gasteiger partial charge in [-0.1, -0.05) is 30.3 Å². The number of hydrogen-bond acceptors (Lipinski definition) is 3. The highest BCUT2D eigenvalue weighted by Crippen LogP contribution is 2.26. The van der Waals surface area contributed by atoms with Crippen LogP contribution in [0.4, 0.5) is 0 Å². The van der Waals surface area contributed by atoms with Gasteiger partial charge in [-0.2, -0.15) is 0 Å². The first-order chi connectivity index (χ1) is 12.6. The summed E-state index contributed by atoms with van der Waals surface area (Å²) >= 11 is 0. The summed E-state index contributed by atoms with van der Waals surface area (Å²) < 4.78 is 10.9. The van der Waals surface area contributed by atoms with Crippen LogP contribution in [0.3, 0.4) is 0 Å². The molecule has 1 fully saturated rings. The molecule has 3 rings (SSSR count). The number of rotatable bonds is 5. The van der Waals surface area contributed by atoms with Gasteiger partial charge in [0.05, 0.1) is 13.2 Å². The van der Waals surface area contributed by atoms with Crippen LogP contribution in [0.1, 0.15) is 27.9 Å². The van der Waals surface area contributed by atoms with E-state index in [0.29, 0.717) is 0 Å². The Hall–Kier alpha value is -2.33. The lowest BCUT2D eigenvalue weighted by molar-refractivity contribution is -0.00301.